The number of hydrogen-bond donors (Lipinski definition) is 0. The van der Waals surface area contributed by atoms with E-state index < -0.39 is 0 Å². The molecule has 92 valence electrons. The van der Waals surface area contributed by atoms with Crippen LogP contribution in [0.25, 0.3) is 0 Å². The van der Waals surface area contributed by atoms with Gasteiger partial charge in [-0.15, -0.1) is 11.3 Å². The average Bonchev–Trinajstić information content (AvgIpc) is 2.90. The van der Waals surface area contributed by atoms with Crippen LogP contribution in [0.1, 0.15) is 25.6 Å². The molecule has 1 amide bonds. The second kappa shape index (κ2) is 5.14. The Labute approximate surface area is 110 Å². The number of thiophene rings is 1. The molecule has 1 aromatic carbocycles. The van der Waals surface area contributed by atoms with E-state index in [0.717, 1.165) is 0 Å². The van der Waals surface area contributed by atoms with Crippen molar-refractivity contribution in [2.75, 3.05) is 14.1 Å². The molecule has 0 N–H and O–H groups in total. The molecule has 0 aliphatic rings. The van der Waals surface area contributed by atoms with Gasteiger partial charge in [0.05, 0.1) is 10.4 Å². The molecule has 0 radical (unpaired) electrons. The summed E-state index contributed by atoms with van der Waals surface area (Å²) in [4.78, 5) is 26.4. The van der Waals surface area contributed by atoms with Crippen LogP contribution < -0.4 is 0 Å². The lowest BCUT2D eigenvalue weighted by molar-refractivity contribution is 0.0822. The molecule has 3 nitrogen and oxygen atoms in total. The van der Waals surface area contributed by atoms with E-state index in [1.165, 1.54) is 16.2 Å². The zero-order chi connectivity index (χ0) is 13.1. The van der Waals surface area contributed by atoms with Gasteiger partial charge in [-0.3, -0.25) is 9.59 Å². The van der Waals surface area contributed by atoms with Crippen LogP contribution in [-0.4, -0.2) is 30.7 Å². The van der Waals surface area contributed by atoms with Crippen molar-refractivity contribution in [1.29, 1.82) is 0 Å². The van der Waals surface area contributed by atoms with Gasteiger partial charge in [0.25, 0.3) is 5.91 Å². The number of nitrogens with zero attached hydrogens (tertiary/aromatic N) is 1. The summed E-state index contributed by atoms with van der Waals surface area (Å²) >= 11 is 1.38. The van der Waals surface area contributed by atoms with Crippen molar-refractivity contribution in [3.63, 3.8) is 0 Å². The second-order valence-electron chi connectivity index (χ2n) is 4.05. The van der Waals surface area contributed by atoms with Gasteiger partial charge in [0.2, 0.25) is 5.78 Å². The summed E-state index contributed by atoms with van der Waals surface area (Å²) in [6.45, 7) is 0. The van der Waals surface area contributed by atoms with Crippen LogP contribution in [0.3, 0.4) is 0 Å². The molecule has 1 aromatic heterocycles. The molecule has 0 bridgehead atoms. The first kappa shape index (κ1) is 12.5. The molecule has 0 fully saturated rings. The molecule has 0 spiro atoms. The molecule has 18 heavy (non-hydrogen) atoms. The van der Waals surface area contributed by atoms with Crippen molar-refractivity contribution in [1.82, 2.24) is 4.90 Å². The van der Waals surface area contributed by atoms with E-state index in [1.807, 2.05) is 11.4 Å². The summed E-state index contributed by atoms with van der Waals surface area (Å²) in [7, 11) is 3.35. The zero-order valence-corrected chi connectivity index (χ0v) is 11.0. The van der Waals surface area contributed by atoms with E-state index in [0.29, 0.717) is 16.0 Å². The van der Waals surface area contributed by atoms with E-state index in [9.17, 15) is 9.59 Å². The molecule has 0 aliphatic heterocycles. The van der Waals surface area contributed by atoms with Crippen LogP contribution >= 0.6 is 11.3 Å². The second-order valence-corrected chi connectivity index (χ2v) is 5.00. The summed E-state index contributed by atoms with van der Waals surface area (Å²) < 4.78 is 0. The maximum Gasteiger partial charge on any atom is 0.254 e. The maximum absolute atomic E-state index is 12.3. The Balaban J connectivity index is 2.46. The summed E-state index contributed by atoms with van der Waals surface area (Å²) in [6, 6.07) is 10.5. The molecule has 0 atom stereocenters. The minimum atomic E-state index is -0.157. The van der Waals surface area contributed by atoms with Crippen LogP contribution in [0.15, 0.2) is 41.8 Å². The summed E-state index contributed by atoms with van der Waals surface area (Å²) in [6.07, 6.45) is 0. The van der Waals surface area contributed by atoms with Crippen molar-refractivity contribution in [3.05, 3.63) is 57.8 Å². The van der Waals surface area contributed by atoms with Crippen molar-refractivity contribution in [3.8, 4) is 0 Å². The standard InChI is InChI=1S/C14H13NO2S/c1-15(2)14(17)11-7-4-3-6-10(11)13(16)12-8-5-9-18-12/h3-9H,1-2H3. The Kier molecular flexibility index (Phi) is 3.58. The summed E-state index contributed by atoms with van der Waals surface area (Å²) in [5.41, 5.74) is 0.902. The van der Waals surface area contributed by atoms with E-state index >= 15 is 0 Å². The van der Waals surface area contributed by atoms with Gasteiger partial charge in [-0.1, -0.05) is 24.3 Å². The Morgan fingerprint density at radius 2 is 1.67 bits per heavy atom. The minimum absolute atomic E-state index is 0.101. The van der Waals surface area contributed by atoms with Gasteiger partial charge in [0.15, 0.2) is 0 Å². The first-order chi connectivity index (χ1) is 8.61. The minimum Gasteiger partial charge on any atom is -0.345 e. The van der Waals surface area contributed by atoms with Gasteiger partial charge in [-0.2, -0.15) is 0 Å². The van der Waals surface area contributed by atoms with Crippen molar-refractivity contribution in [2.24, 2.45) is 0 Å². The smallest absolute Gasteiger partial charge is 0.254 e. The molecule has 2 aromatic rings. The summed E-state index contributed by atoms with van der Waals surface area (Å²) in [5.74, 6) is -0.258. The van der Waals surface area contributed by atoms with E-state index in [4.69, 9.17) is 0 Å². The van der Waals surface area contributed by atoms with Gasteiger partial charge >= 0.3 is 0 Å². The third-order valence-electron chi connectivity index (χ3n) is 2.55. The van der Waals surface area contributed by atoms with Crippen molar-refractivity contribution < 1.29 is 9.59 Å². The van der Waals surface area contributed by atoms with Gasteiger partial charge < -0.3 is 4.90 Å². The van der Waals surface area contributed by atoms with Crippen LogP contribution in [0, 0.1) is 0 Å². The fraction of sp³-hybridized carbons (Fsp3) is 0.143. The highest BCUT2D eigenvalue weighted by molar-refractivity contribution is 7.12. The van der Waals surface area contributed by atoms with Gasteiger partial charge in [-0.25, -0.2) is 0 Å². The number of benzene rings is 1. The normalized spacial score (nSPS) is 10.1. The number of carbonyl (C=O) groups excluding carboxylic acids is 2. The molecular formula is C14H13NO2S. The highest BCUT2D eigenvalue weighted by Gasteiger charge is 2.19. The van der Waals surface area contributed by atoms with E-state index in [-0.39, 0.29) is 11.7 Å². The van der Waals surface area contributed by atoms with Crippen LogP contribution in [0.2, 0.25) is 0 Å². The Morgan fingerprint density at radius 1 is 1.00 bits per heavy atom. The number of hydrogen-bond acceptors (Lipinski definition) is 3. The van der Waals surface area contributed by atoms with Gasteiger partial charge in [0, 0.05) is 19.7 Å². The first-order valence-corrected chi connectivity index (χ1v) is 6.38. The predicted octanol–water partition coefficient (Wildman–Crippen LogP) is 2.68. The zero-order valence-electron chi connectivity index (χ0n) is 10.2. The monoisotopic (exact) mass is 259 g/mol. The molecule has 1 heterocycles. The van der Waals surface area contributed by atoms with Crippen molar-refractivity contribution in [2.45, 2.75) is 0 Å². The topological polar surface area (TPSA) is 37.4 Å². The molecule has 2 rings (SSSR count). The molecule has 4 heteroatoms. The first-order valence-electron chi connectivity index (χ1n) is 5.50. The fourth-order valence-corrected chi connectivity index (χ4v) is 2.33. The largest absolute Gasteiger partial charge is 0.345 e. The fourth-order valence-electron chi connectivity index (χ4n) is 1.65. The Morgan fingerprint density at radius 3 is 2.22 bits per heavy atom. The molecule has 0 saturated carbocycles. The molecule has 0 aliphatic carbocycles. The third-order valence-corrected chi connectivity index (χ3v) is 3.42. The lowest BCUT2D eigenvalue weighted by atomic mass is 10.0. The lowest BCUT2D eigenvalue weighted by Crippen LogP contribution is -2.24. The van der Waals surface area contributed by atoms with Crippen molar-refractivity contribution >= 4 is 23.0 Å². The molecular weight excluding hydrogens is 246 g/mol. The number of ketones is 1. The average molecular weight is 259 g/mol. The Hall–Kier alpha value is -1.94. The van der Waals surface area contributed by atoms with Gasteiger partial charge in [-0.05, 0) is 17.5 Å². The maximum atomic E-state index is 12.3. The molecule has 0 unspecified atom stereocenters. The lowest BCUT2D eigenvalue weighted by Gasteiger charge is -2.12. The predicted molar refractivity (Wildman–Crippen MR) is 72.2 cm³/mol. The van der Waals surface area contributed by atoms with Gasteiger partial charge in [0.1, 0.15) is 0 Å². The summed E-state index contributed by atoms with van der Waals surface area (Å²) in [5, 5.41) is 1.85. The van der Waals surface area contributed by atoms with E-state index in [1.54, 1.807) is 44.4 Å². The van der Waals surface area contributed by atoms with Crippen LogP contribution in [-0.2, 0) is 0 Å². The third kappa shape index (κ3) is 2.33. The highest BCUT2D eigenvalue weighted by atomic mass is 32.1. The number of rotatable bonds is 3. The highest BCUT2D eigenvalue weighted by Crippen LogP contribution is 2.19. The SMILES string of the molecule is CN(C)C(=O)c1ccccc1C(=O)c1cccs1. The van der Waals surface area contributed by atoms with Crippen LogP contribution in [0.4, 0.5) is 0 Å². The number of amides is 1. The van der Waals surface area contributed by atoms with E-state index in [2.05, 4.69) is 0 Å². The molecule has 0 saturated heterocycles. The Bertz CT molecular complexity index is 573. The van der Waals surface area contributed by atoms with Crippen LogP contribution in [0.5, 0.6) is 0 Å². The number of carbonyl (C=O) groups is 2. The quantitative estimate of drug-likeness (QED) is 0.795.